The van der Waals surface area contributed by atoms with Crippen molar-refractivity contribution in [3.05, 3.63) is 83.1 Å². The van der Waals surface area contributed by atoms with Crippen molar-refractivity contribution >= 4 is 30.1 Å². The van der Waals surface area contributed by atoms with Crippen LogP contribution in [0.15, 0.2) is 76.9 Å². The molecule has 0 saturated carbocycles. The molecule has 2 aromatic carbocycles. The first-order valence-corrected chi connectivity index (χ1v) is 14.9. The van der Waals surface area contributed by atoms with Crippen LogP contribution >= 0.6 is 0 Å². The predicted octanol–water partition coefficient (Wildman–Crippen LogP) is 4.20. The van der Waals surface area contributed by atoms with E-state index in [9.17, 15) is 14.4 Å². The molecule has 10 nitrogen and oxygen atoms in total. The third-order valence-electron chi connectivity index (χ3n) is 7.84. The van der Waals surface area contributed by atoms with E-state index in [2.05, 4.69) is 33.3 Å². The highest BCUT2D eigenvalue weighted by atomic mass is 16.5. The lowest BCUT2D eigenvalue weighted by molar-refractivity contribution is -0.129. The van der Waals surface area contributed by atoms with Gasteiger partial charge in [-0.3, -0.25) is 24.3 Å². The van der Waals surface area contributed by atoms with Crippen LogP contribution in [0.25, 0.3) is 0 Å². The van der Waals surface area contributed by atoms with Crippen molar-refractivity contribution in [2.45, 2.75) is 58.2 Å². The summed E-state index contributed by atoms with van der Waals surface area (Å²) in [6.45, 7) is 10.3. The first kappa shape index (κ1) is 32.2. The molecule has 2 aliphatic rings. The number of nitrogens with one attached hydrogen (secondary N) is 2. The number of anilines is 1. The molecule has 0 spiro atoms. The number of nitriles is 1. The fourth-order valence-electron chi connectivity index (χ4n) is 5.33. The summed E-state index contributed by atoms with van der Waals surface area (Å²) in [5.41, 5.74) is 3.18. The Morgan fingerprint density at radius 2 is 1.73 bits per heavy atom. The van der Waals surface area contributed by atoms with Gasteiger partial charge in [0.15, 0.2) is 0 Å². The number of likely N-dealkylation sites (tertiary alicyclic amines) is 2. The number of hydrogen-bond donors (Lipinski definition) is 2. The molecule has 230 valence electrons. The second-order valence-corrected chi connectivity index (χ2v) is 11.2. The van der Waals surface area contributed by atoms with Gasteiger partial charge >= 0.3 is 0 Å². The molecule has 0 aromatic heterocycles. The minimum atomic E-state index is -0.231. The van der Waals surface area contributed by atoms with Crippen molar-refractivity contribution in [2.24, 2.45) is 4.99 Å². The highest BCUT2D eigenvalue weighted by Gasteiger charge is 2.26. The second-order valence-electron chi connectivity index (χ2n) is 11.2. The Morgan fingerprint density at radius 1 is 1.02 bits per heavy atom. The number of piperidine rings is 2. The number of carbonyl (C=O) groups is 3. The fraction of sp³-hybridized carbons (Fsp3) is 0.382. The number of ether oxygens (including phenoxy) is 1. The summed E-state index contributed by atoms with van der Waals surface area (Å²) in [6.07, 6.45) is 6.14. The van der Waals surface area contributed by atoms with E-state index in [-0.39, 0.29) is 35.6 Å². The highest BCUT2D eigenvalue weighted by Crippen LogP contribution is 2.23. The molecule has 2 N–H and O–H groups in total. The van der Waals surface area contributed by atoms with E-state index < -0.39 is 0 Å². The molecular formula is C34H40N6O4. The average Bonchev–Trinajstić information content (AvgIpc) is 3.02. The molecule has 2 aromatic rings. The zero-order valence-corrected chi connectivity index (χ0v) is 25.4. The first-order chi connectivity index (χ1) is 21.2. The number of hydrogen-bond acceptors (Lipinski definition) is 7. The van der Waals surface area contributed by atoms with Crippen molar-refractivity contribution in [3.63, 3.8) is 0 Å². The van der Waals surface area contributed by atoms with Gasteiger partial charge in [0.2, 0.25) is 11.8 Å². The molecule has 2 saturated heterocycles. The maximum atomic E-state index is 13.1. The van der Waals surface area contributed by atoms with Gasteiger partial charge < -0.3 is 20.3 Å². The van der Waals surface area contributed by atoms with E-state index in [4.69, 9.17) is 10.00 Å². The number of nitrogens with zero attached hydrogens (tertiary/aromatic N) is 4. The van der Waals surface area contributed by atoms with Gasteiger partial charge in [0, 0.05) is 75.9 Å². The zero-order valence-electron chi connectivity index (χ0n) is 25.4. The Kier molecular flexibility index (Phi) is 11.4. The third-order valence-corrected chi connectivity index (χ3v) is 7.84. The molecule has 3 amide bonds. The van der Waals surface area contributed by atoms with Crippen LogP contribution in [0.3, 0.4) is 0 Å². The van der Waals surface area contributed by atoms with Crippen LogP contribution in [0.1, 0.15) is 50.7 Å². The molecule has 2 fully saturated rings. The second kappa shape index (κ2) is 15.6. The standard InChI is InChI=1S/C34H40N6O4/c1-24(33(42)38-28-13-17-39(18-14-28)23-27-10-8-26(22-35)9-11-27)7-12-32(36-3)34(43)40-19-15-30(16-20-40)44-31-6-4-5-29(21-31)37-25(2)41/h4-12,21,28,30H,3,13-20,23H2,1-2H3,(H,37,41)(H,38,42)/b24-7+,32-12-. The lowest BCUT2D eigenvalue weighted by Crippen LogP contribution is -2.44. The number of aliphatic imine (C=N–C) groups is 1. The Labute approximate surface area is 259 Å². The summed E-state index contributed by atoms with van der Waals surface area (Å²) in [7, 11) is 0. The molecule has 0 unspecified atom stereocenters. The van der Waals surface area contributed by atoms with Gasteiger partial charge in [-0.05, 0) is 62.4 Å². The number of rotatable bonds is 10. The molecule has 44 heavy (non-hydrogen) atoms. The van der Waals surface area contributed by atoms with Gasteiger partial charge in [-0.15, -0.1) is 0 Å². The molecule has 0 radical (unpaired) electrons. The summed E-state index contributed by atoms with van der Waals surface area (Å²) in [5.74, 6) is 0.128. The lowest BCUT2D eigenvalue weighted by Gasteiger charge is -2.32. The molecule has 10 heteroatoms. The van der Waals surface area contributed by atoms with Gasteiger partial charge in [0.1, 0.15) is 17.6 Å². The average molecular weight is 597 g/mol. The molecule has 2 heterocycles. The van der Waals surface area contributed by atoms with Gasteiger partial charge in [-0.2, -0.15) is 5.26 Å². The van der Waals surface area contributed by atoms with Gasteiger partial charge in [-0.25, -0.2) is 0 Å². The van der Waals surface area contributed by atoms with Crippen LogP contribution in [0.4, 0.5) is 5.69 Å². The number of allylic oxidation sites excluding steroid dienone is 2. The van der Waals surface area contributed by atoms with Crippen LogP contribution < -0.4 is 15.4 Å². The van der Waals surface area contributed by atoms with E-state index in [1.807, 2.05) is 36.4 Å². The normalized spacial score (nSPS) is 17.0. The summed E-state index contributed by atoms with van der Waals surface area (Å²) in [4.78, 5) is 45.3. The first-order valence-electron chi connectivity index (χ1n) is 14.9. The number of carbonyl (C=O) groups excluding carboxylic acids is 3. The van der Waals surface area contributed by atoms with E-state index in [1.165, 1.54) is 12.5 Å². The summed E-state index contributed by atoms with van der Waals surface area (Å²) in [6, 6.07) is 17.1. The van der Waals surface area contributed by atoms with E-state index >= 15 is 0 Å². The van der Waals surface area contributed by atoms with Gasteiger partial charge in [0.25, 0.3) is 5.91 Å². The summed E-state index contributed by atoms with van der Waals surface area (Å²) < 4.78 is 6.09. The Hall–Kier alpha value is -4.75. The minimum Gasteiger partial charge on any atom is -0.490 e. The van der Waals surface area contributed by atoms with E-state index in [0.717, 1.165) is 32.5 Å². The van der Waals surface area contributed by atoms with Crippen molar-refractivity contribution in [2.75, 3.05) is 31.5 Å². The highest BCUT2D eigenvalue weighted by molar-refractivity contribution is 5.96. The number of amides is 3. The summed E-state index contributed by atoms with van der Waals surface area (Å²) >= 11 is 0. The third kappa shape index (κ3) is 9.38. The minimum absolute atomic E-state index is 0.0515. The molecule has 4 rings (SSSR count). The van der Waals surface area contributed by atoms with Crippen molar-refractivity contribution < 1.29 is 19.1 Å². The van der Waals surface area contributed by atoms with Crippen molar-refractivity contribution in [3.8, 4) is 11.8 Å². The monoisotopic (exact) mass is 596 g/mol. The quantitative estimate of drug-likeness (QED) is 0.241. The topological polar surface area (TPSA) is 127 Å². The Morgan fingerprint density at radius 3 is 2.36 bits per heavy atom. The molecule has 0 aliphatic carbocycles. The largest absolute Gasteiger partial charge is 0.490 e. The molecule has 2 aliphatic heterocycles. The van der Waals surface area contributed by atoms with E-state index in [0.29, 0.717) is 48.5 Å². The lowest BCUT2D eigenvalue weighted by atomic mass is 10.0. The molecule has 0 atom stereocenters. The molecule has 0 bridgehead atoms. The maximum absolute atomic E-state index is 13.1. The van der Waals surface area contributed by atoms with Crippen molar-refractivity contribution in [1.82, 2.24) is 15.1 Å². The maximum Gasteiger partial charge on any atom is 0.272 e. The molecular weight excluding hydrogens is 556 g/mol. The van der Waals surface area contributed by atoms with Crippen LogP contribution in [0.5, 0.6) is 5.75 Å². The number of benzene rings is 2. The van der Waals surface area contributed by atoms with Gasteiger partial charge in [-0.1, -0.05) is 24.3 Å². The summed E-state index contributed by atoms with van der Waals surface area (Å²) in [5, 5.41) is 14.8. The fourth-order valence-corrected chi connectivity index (χ4v) is 5.33. The van der Waals surface area contributed by atoms with Crippen LogP contribution in [-0.2, 0) is 20.9 Å². The van der Waals surface area contributed by atoms with Crippen molar-refractivity contribution in [1.29, 1.82) is 5.26 Å². The van der Waals surface area contributed by atoms with E-state index in [1.54, 1.807) is 36.1 Å². The predicted molar refractivity (Wildman–Crippen MR) is 170 cm³/mol. The van der Waals surface area contributed by atoms with Crippen LogP contribution in [0.2, 0.25) is 0 Å². The SMILES string of the molecule is C=N/C(=C\C=C(/C)C(=O)NC1CCN(Cc2ccc(C#N)cc2)CC1)C(=O)N1CCC(Oc2cccc(NC(C)=O)c2)CC1. The zero-order chi connectivity index (χ0) is 31.5. The van der Waals surface area contributed by atoms with Gasteiger partial charge in [0.05, 0.1) is 11.6 Å². The Bertz CT molecular complexity index is 1440. The Balaban J connectivity index is 1.22. The van der Waals surface area contributed by atoms with Crippen LogP contribution in [-0.4, -0.2) is 72.6 Å². The smallest absolute Gasteiger partial charge is 0.272 e. The van der Waals surface area contributed by atoms with Crippen LogP contribution in [0, 0.1) is 11.3 Å².